The number of aromatic nitrogens is 2. The first-order valence-corrected chi connectivity index (χ1v) is 8.55. The zero-order valence-corrected chi connectivity index (χ0v) is 15.5. The first-order valence-electron chi connectivity index (χ1n) is 8.55. The Bertz CT molecular complexity index is 1000. The lowest BCUT2D eigenvalue weighted by Crippen LogP contribution is -2.14. The Kier molecular flexibility index (Phi) is 4.83. The normalized spacial score (nSPS) is 11.0. The van der Waals surface area contributed by atoms with E-state index >= 15 is 0 Å². The summed E-state index contributed by atoms with van der Waals surface area (Å²) in [5.74, 6) is 6.55. The van der Waals surface area contributed by atoms with Crippen molar-refractivity contribution in [2.45, 2.75) is 26.2 Å². The molecular formula is C22H21FN4. The maximum absolute atomic E-state index is 13.1. The predicted molar refractivity (Wildman–Crippen MR) is 107 cm³/mol. The summed E-state index contributed by atoms with van der Waals surface area (Å²) in [6, 6.07) is 14.5. The molecule has 0 aliphatic heterocycles. The second-order valence-electron chi connectivity index (χ2n) is 6.89. The average molecular weight is 360 g/mol. The van der Waals surface area contributed by atoms with Gasteiger partial charge in [-0.1, -0.05) is 48.2 Å². The first kappa shape index (κ1) is 18.4. The van der Waals surface area contributed by atoms with Gasteiger partial charge >= 0.3 is 0 Å². The maximum Gasteiger partial charge on any atom is 0.222 e. The molecule has 0 unspecified atom stereocenters. The Morgan fingerprint density at radius 3 is 2.00 bits per heavy atom. The molecule has 3 aromatic rings. The van der Waals surface area contributed by atoms with E-state index in [-0.39, 0.29) is 17.6 Å². The summed E-state index contributed by atoms with van der Waals surface area (Å²) in [6.07, 6.45) is 0. The van der Waals surface area contributed by atoms with Gasteiger partial charge in [0, 0.05) is 0 Å². The summed E-state index contributed by atoms with van der Waals surface area (Å²) in [7, 11) is 0. The molecule has 0 bridgehead atoms. The van der Waals surface area contributed by atoms with Gasteiger partial charge in [0.1, 0.15) is 11.6 Å². The van der Waals surface area contributed by atoms with Crippen LogP contribution in [-0.2, 0) is 5.41 Å². The fourth-order valence-electron chi connectivity index (χ4n) is 2.78. The zero-order chi connectivity index (χ0) is 19.6. The van der Waals surface area contributed by atoms with Crippen molar-refractivity contribution in [3.8, 4) is 23.0 Å². The minimum atomic E-state index is -0.401. The van der Waals surface area contributed by atoms with Crippen molar-refractivity contribution < 1.29 is 4.39 Å². The largest absolute Gasteiger partial charge is 0.382 e. The summed E-state index contributed by atoms with van der Waals surface area (Å²) in [4.78, 5) is 8.09. The molecule has 0 saturated heterocycles. The molecule has 0 aliphatic carbocycles. The van der Waals surface area contributed by atoms with E-state index in [0.29, 0.717) is 11.3 Å². The Morgan fingerprint density at radius 2 is 1.44 bits per heavy atom. The monoisotopic (exact) mass is 360 g/mol. The number of nitrogens with two attached hydrogens (primary N) is 2. The Morgan fingerprint density at radius 1 is 0.889 bits per heavy atom. The smallest absolute Gasteiger partial charge is 0.222 e. The number of anilines is 2. The molecule has 1 aromatic heterocycles. The van der Waals surface area contributed by atoms with Crippen molar-refractivity contribution in [2.24, 2.45) is 0 Å². The summed E-state index contributed by atoms with van der Waals surface area (Å²) in [5.41, 5.74) is 15.4. The zero-order valence-electron chi connectivity index (χ0n) is 15.5. The van der Waals surface area contributed by atoms with Gasteiger partial charge in [0.05, 0.1) is 16.7 Å². The second kappa shape index (κ2) is 7.08. The highest BCUT2D eigenvalue weighted by Crippen LogP contribution is 2.27. The molecule has 0 saturated carbocycles. The van der Waals surface area contributed by atoms with Gasteiger partial charge in [0.2, 0.25) is 5.95 Å². The number of hydrogen-bond acceptors (Lipinski definition) is 4. The number of halogens is 1. The van der Waals surface area contributed by atoms with Crippen molar-refractivity contribution in [3.05, 3.63) is 71.2 Å². The predicted octanol–water partition coefficient (Wildman–Crippen LogP) is 4.08. The van der Waals surface area contributed by atoms with Crippen LogP contribution in [-0.4, -0.2) is 9.97 Å². The molecule has 0 radical (unpaired) electrons. The van der Waals surface area contributed by atoms with Gasteiger partial charge in [0.15, 0.2) is 0 Å². The number of nitrogens with zero attached hydrogens (tertiary/aromatic N) is 2. The highest BCUT2D eigenvalue weighted by molar-refractivity contribution is 5.64. The fourth-order valence-corrected chi connectivity index (χ4v) is 2.78. The fraction of sp³-hybridized carbons (Fsp3) is 0.182. The summed E-state index contributed by atoms with van der Waals surface area (Å²) >= 11 is 0. The van der Waals surface area contributed by atoms with Crippen molar-refractivity contribution in [2.75, 3.05) is 11.5 Å². The second-order valence-corrected chi connectivity index (χ2v) is 6.89. The molecule has 0 fully saturated rings. The van der Waals surface area contributed by atoms with E-state index < -0.39 is 5.41 Å². The molecule has 3 rings (SSSR count). The quantitative estimate of drug-likeness (QED) is 0.675. The van der Waals surface area contributed by atoms with Crippen molar-refractivity contribution >= 4 is 11.8 Å². The summed E-state index contributed by atoms with van der Waals surface area (Å²) in [5, 5.41) is 0. The van der Waals surface area contributed by atoms with Crippen LogP contribution < -0.4 is 11.5 Å². The minimum absolute atomic E-state index is 0.145. The molecular weight excluding hydrogens is 339 g/mol. The van der Waals surface area contributed by atoms with Gasteiger partial charge in [-0.15, -0.1) is 0 Å². The van der Waals surface area contributed by atoms with Crippen molar-refractivity contribution in [1.82, 2.24) is 9.97 Å². The van der Waals surface area contributed by atoms with Crippen molar-refractivity contribution in [1.29, 1.82) is 0 Å². The third-order valence-corrected chi connectivity index (χ3v) is 4.42. The Labute approximate surface area is 158 Å². The van der Waals surface area contributed by atoms with Crippen LogP contribution in [0.15, 0.2) is 48.5 Å². The van der Waals surface area contributed by atoms with Crippen LogP contribution in [0, 0.1) is 24.6 Å². The third kappa shape index (κ3) is 4.06. The Balaban J connectivity index is 1.89. The van der Waals surface area contributed by atoms with E-state index in [1.165, 1.54) is 12.1 Å². The van der Waals surface area contributed by atoms with Gasteiger partial charge in [0.25, 0.3) is 0 Å². The van der Waals surface area contributed by atoms with E-state index in [4.69, 9.17) is 11.5 Å². The van der Waals surface area contributed by atoms with Crippen LogP contribution in [0.1, 0.15) is 30.7 Å². The summed E-state index contributed by atoms with van der Waals surface area (Å²) in [6.45, 7) is 5.88. The molecule has 5 heteroatoms. The van der Waals surface area contributed by atoms with E-state index in [2.05, 4.69) is 21.8 Å². The lowest BCUT2D eigenvalue weighted by atomic mass is 9.84. The topological polar surface area (TPSA) is 77.8 Å². The van der Waals surface area contributed by atoms with Gasteiger partial charge in [-0.2, -0.15) is 4.98 Å². The van der Waals surface area contributed by atoms with Crippen molar-refractivity contribution in [3.63, 3.8) is 0 Å². The van der Waals surface area contributed by atoms with Crippen LogP contribution >= 0.6 is 0 Å². The lowest BCUT2D eigenvalue weighted by molar-refractivity contribution is 0.628. The first-order chi connectivity index (χ1) is 12.8. The molecule has 2 aromatic carbocycles. The summed E-state index contributed by atoms with van der Waals surface area (Å²) < 4.78 is 13.1. The number of hydrogen-bond donors (Lipinski definition) is 2. The molecule has 0 amide bonds. The van der Waals surface area contributed by atoms with Gasteiger partial charge in [-0.25, -0.2) is 9.37 Å². The number of rotatable bonds is 2. The number of benzene rings is 2. The van der Waals surface area contributed by atoms with Gasteiger partial charge < -0.3 is 11.5 Å². The minimum Gasteiger partial charge on any atom is -0.382 e. The molecule has 4 nitrogen and oxygen atoms in total. The molecule has 27 heavy (non-hydrogen) atoms. The van der Waals surface area contributed by atoms with Gasteiger partial charge in [-0.05, 0) is 49.6 Å². The maximum atomic E-state index is 13.1. The van der Waals surface area contributed by atoms with Crippen LogP contribution in [0.3, 0.4) is 0 Å². The number of aryl methyl sites for hydroxylation is 1. The molecule has 136 valence electrons. The van der Waals surface area contributed by atoms with E-state index in [0.717, 1.165) is 16.7 Å². The van der Waals surface area contributed by atoms with Crippen LogP contribution in [0.5, 0.6) is 0 Å². The highest BCUT2D eigenvalue weighted by atomic mass is 19.1. The van der Waals surface area contributed by atoms with E-state index in [9.17, 15) is 4.39 Å². The lowest BCUT2D eigenvalue weighted by Gasteiger charge is -2.19. The van der Waals surface area contributed by atoms with Crippen LogP contribution in [0.2, 0.25) is 0 Å². The number of nitrogen functional groups attached to an aromatic ring is 2. The Hall–Kier alpha value is -3.39. The van der Waals surface area contributed by atoms with E-state index in [1.54, 1.807) is 12.1 Å². The highest BCUT2D eigenvalue weighted by Gasteiger charge is 2.18. The molecule has 0 spiro atoms. The molecule has 0 atom stereocenters. The molecule has 4 N–H and O–H groups in total. The molecule has 0 aliphatic rings. The third-order valence-electron chi connectivity index (χ3n) is 4.42. The van der Waals surface area contributed by atoms with Crippen LogP contribution in [0.4, 0.5) is 16.2 Å². The van der Waals surface area contributed by atoms with E-state index in [1.807, 2.05) is 45.0 Å². The molecule has 1 heterocycles. The van der Waals surface area contributed by atoms with Crippen LogP contribution in [0.25, 0.3) is 11.1 Å². The van der Waals surface area contributed by atoms with Gasteiger partial charge in [-0.3, -0.25) is 0 Å². The SMILES string of the molecule is Cc1nc(N)nc(N)c1C#CC(C)(C)c1ccc(-c2ccc(F)cc2)cc1. The standard InChI is InChI=1S/C22H21FN4/c1-14-19(20(24)27-21(25)26-14)12-13-22(2,3)17-8-4-15(5-9-17)16-6-10-18(23)11-7-16/h4-11H,1-3H3,(H4,24,25,26,27). The average Bonchev–Trinajstić information content (AvgIpc) is 2.61.